The summed E-state index contributed by atoms with van der Waals surface area (Å²) in [5.74, 6) is -0.226. The molecule has 0 saturated carbocycles. The molecule has 10 heterocycles. The monoisotopic (exact) mass is 1040 g/mol. The highest BCUT2D eigenvalue weighted by Crippen LogP contribution is 2.42. The lowest BCUT2D eigenvalue weighted by Crippen LogP contribution is -2.45. The predicted molar refractivity (Wildman–Crippen MR) is 292 cm³/mol. The van der Waals surface area contributed by atoms with E-state index in [0.717, 1.165) is 90.7 Å². The van der Waals surface area contributed by atoms with Crippen LogP contribution in [-0.2, 0) is 63.4 Å². The highest BCUT2D eigenvalue weighted by atomic mass is 16.9. The number of carbonyl (C=O) groups excluding carboxylic acids is 1. The first-order valence-electron chi connectivity index (χ1n) is 27.2. The van der Waals surface area contributed by atoms with Crippen molar-refractivity contribution in [3.05, 3.63) is 132 Å². The minimum atomic E-state index is -0.856. The molecule has 8 bridgehead atoms. The number of benzene rings is 3. The Labute approximate surface area is 449 Å². The van der Waals surface area contributed by atoms with Gasteiger partial charge in [-0.2, -0.15) is 0 Å². The third-order valence-corrected chi connectivity index (χ3v) is 14.1. The molecule has 7 aliphatic rings. The second kappa shape index (κ2) is 23.3. The topological polar surface area (TPSA) is 147 Å². The summed E-state index contributed by atoms with van der Waals surface area (Å²) in [6, 6.07) is 35.7. The molecule has 0 aliphatic carbocycles. The summed E-state index contributed by atoms with van der Waals surface area (Å²) in [6.07, 6.45) is 7.51. The number of aromatic nitrogens is 5. The summed E-state index contributed by atoms with van der Waals surface area (Å²) < 4.78 is 49.2. The lowest BCUT2D eigenvalue weighted by Gasteiger charge is -2.28. The van der Waals surface area contributed by atoms with Crippen LogP contribution < -0.4 is 9.47 Å². The molecule has 76 heavy (non-hydrogen) atoms. The molecule has 0 N–H and O–H groups in total. The maximum absolute atomic E-state index is 13.2. The maximum Gasteiger partial charge on any atom is 0.328 e. The van der Waals surface area contributed by atoms with Gasteiger partial charge in [-0.05, 0) is 160 Å². The smallest absolute Gasteiger partial charge is 0.328 e. The van der Waals surface area contributed by atoms with E-state index < -0.39 is 48.2 Å². The molecule has 3 aromatic carbocycles. The second-order valence-electron chi connectivity index (χ2n) is 23.4. The van der Waals surface area contributed by atoms with Gasteiger partial charge in [-0.25, -0.2) is 9.67 Å². The fraction of sp³-hybridized carbons (Fsp3) is 0.500. The first-order valence-corrected chi connectivity index (χ1v) is 27.2. The van der Waals surface area contributed by atoms with Crippen molar-refractivity contribution in [3.8, 4) is 45.4 Å². The predicted octanol–water partition coefficient (Wildman–Crippen LogP) is 12.2. The Morgan fingerprint density at radius 3 is 1.89 bits per heavy atom. The van der Waals surface area contributed by atoms with E-state index in [1.807, 2.05) is 44.2 Å². The lowest BCUT2D eigenvalue weighted by molar-refractivity contribution is -0.235. The van der Waals surface area contributed by atoms with Gasteiger partial charge in [0.1, 0.15) is 35.9 Å². The molecule has 13 rings (SSSR count). The Balaban J connectivity index is 0.000000187. The quantitative estimate of drug-likeness (QED) is 0.151. The third-order valence-electron chi connectivity index (χ3n) is 14.1. The van der Waals surface area contributed by atoms with Crippen LogP contribution in [0.3, 0.4) is 0 Å². The fourth-order valence-electron chi connectivity index (χ4n) is 9.85. The van der Waals surface area contributed by atoms with E-state index >= 15 is 0 Å². The van der Waals surface area contributed by atoms with Crippen molar-refractivity contribution in [1.29, 1.82) is 0 Å². The molecule has 0 radical (unpaired) electrons. The lowest BCUT2D eigenvalue weighted by atomic mass is 9.79. The Morgan fingerprint density at radius 2 is 1.25 bits per heavy atom. The number of nitrogens with zero attached hydrogens (tertiary/aromatic N) is 5. The summed E-state index contributed by atoms with van der Waals surface area (Å²) in [5.41, 5.74) is 10.3. The van der Waals surface area contributed by atoms with Gasteiger partial charge in [0, 0.05) is 16.8 Å². The molecule has 14 heteroatoms. The molecule has 3 fully saturated rings. The van der Waals surface area contributed by atoms with Gasteiger partial charge in [0.25, 0.3) is 0 Å². The van der Waals surface area contributed by atoms with Crippen LogP contribution in [0, 0.1) is 0 Å². The Bertz CT molecular complexity index is 2850. The van der Waals surface area contributed by atoms with Crippen LogP contribution in [0.4, 0.5) is 0 Å². The zero-order chi connectivity index (χ0) is 53.7. The van der Waals surface area contributed by atoms with Crippen molar-refractivity contribution in [2.75, 3.05) is 19.8 Å². The van der Waals surface area contributed by atoms with E-state index in [-0.39, 0.29) is 17.4 Å². The van der Waals surface area contributed by atoms with E-state index in [0.29, 0.717) is 12.3 Å². The van der Waals surface area contributed by atoms with Gasteiger partial charge in [-0.3, -0.25) is 9.78 Å². The highest BCUT2D eigenvalue weighted by molar-refractivity contribution is 5.70. The number of hydrogen-bond donors (Lipinski definition) is 0. The third kappa shape index (κ3) is 14.3. The van der Waals surface area contributed by atoms with Crippen molar-refractivity contribution in [3.63, 3.8) is 0 Å². The van der Waals surface area contributed by atoms with Crippen molar-refractivity contribution >= 4 is 5.97 Å². The number of carbonyl (C=O) groups is 1. The number of rotatable bonds is 5. The summed E-state index contributed by atoms with van der Waals surface area (Å²) in [4.78, 5) is 23.0. The van der Waals surface area contributed by atoms with Gasteiger partial charge < -0.3 is 37.9 Å². The van der Waals surface area contributed by atoms with Crippen LogP contribution in [0.1, 0.15) is 130 Å². The van der Waals surface area contributed by atoms with Crippen LogP contribution >= 0.6 is 0 Å². The molecular weight excluding hydrogens is 959 g/mol. The van der Waals surface area contributed by atoms with Crippen LogP contribution in [0.5, 0.6) is 11.5 Å². The Hall–Kier alpha value is -6.03. The molecule has 5 atom stereocenters. The summed E-state index contributed by atoms with van der Waals surface area (Å²) >= 11 is 0. The molecule has 7 aliphatic heterocycles. The van der Waals surface area contributed by atoms with Gasteiger partial charge in [0.05, 0.1) is 43.1 Å². The summed E-state index contributed by atoms with van der Waals surface area (Å²) in [7, 11) is 0. The Morgan fingerprint density at radius 1 is 0.632 bits per heavy atom. The molecule has 14 nitrogen and oxygen atoms in total. The number of pyridine rings is 2. The largest absolute Gasteiger partial charge is 0.494 e. The fourth-order valence-corrected chi connectivity index (χ4v) is 9.85. The van der Waals surface area contributed by atoms with Crippen LogP contribution in [0.2, 0.25) is 0 Å². The highest BCUT2D eigenvalue weighted by Gasteiger charge is 2.60. The Kier molecular flexibility index (Phi) is 16.8. The minimum Gasteiger partial charge on any atom is -0.494 e. The minimum absolute atomic E-state index is 0.0303. The first kappa shape index (κ1) is 54.7. The van der Waals surface area contributed by atoms with Gasteiger partial charge in [0.15, 0.2) is 30.1 Å². The van der Waals surface area contributed by atoms with Crippen LogP contribution in [0.15, 0.2) is 109 Å². The molecule has 0 spiro atoms. The van der Waals surface area contributed by atoms with Crippen molar-refractivity contribution in [1.82, 2.24) is 25.0 Å². The summed E-state index contributed by atoms with van der Waals surface area (Å²) in [5, 5.41) is 8.61. The van der Waals surface area contributed by atoms with Crippen LogP contribution in [-0.4, -0.2) is 93.0 Å². The van der Waals surface area contributed by atoms with Gasteiger partial charge >= 0.3 is 5.97 Å². The molecule has 3 saturated heterocycles. The zero-order valence-electron chi connectivity index (χ0n) is 46.2. The summed E-state index contributed by atoms with van der Waals surface area (Å²) in [6.45, 7) is 22.2. The number of esters is 1. The maximum atomic E-state index is 13.2. The normalized spacial score (nSPS) is 22.7. The van der Waals surface area contributed by atoms with E-state index in [2.05, 4.69) is 125 Å². The van der Waals surface area contributed by atoms with Gasteiger partial charge in [0.2, 0.25) is 0 Å². The zero-order valence-corrected chi connectivity index (χ0v) is 46.2. The van der Waals surface area contributed by atoms with Gasteiger partial charge in [-0.15, -0.1) is 5.10 Å². The van der Waals surface area contributed by atoms with Crippen molar-refractivity contribution < 1.29 is 42.7 Å². The average molecular weight is 1040 g/mol. The molecule has 0 amide bonds. The number of ether oxygens (including phenoxy) is 8. The number of hydrogen-bond acceptors (Lipinski definition) is 13. The molecule has 3 aromatic heterocycles. The first-order chi connectivity index (χ1) is 36.2. The van der Waals surface area contributed by atoms with E-state index in [4.69, 9.17) is 47.9 Å². The number of aryl methyl sites for hydroxylation is 2. The molecule has 6 aromatic rings. The van der Waals surface area contributed by atoms with Crippen LogP contribution in [0.25, 0.3) is 33.9 Å². The van der Waals surface area contributed by atoms with E-state index in [1.54, 1.807) is 20.0 Å². The average Bonchev–Trinajstić information content (AvgIpc) is 4.18. The molecule has 404 valence electrons. The second-order valence-corrected chi connectivity index (χ2v) is 23.4. The molecular formula is C62H77N5O9. The number of fused-ring (bicyclic) bond motifs is 1. The standard InChI is InChI=1S/C32H34N2O2.C30H43N3O7/c1-2-4-23-35-28-19-15-25(16-20-28)9-6-10-27-11-7-13-31(33-27)32-14-8-12-30(34-32)26-17-21-29(22-18-26)36-24-5-3-1;1-27(2,3)18-11-17(12-19(13-18)28(4,5)6)20-14-33(32-31-20)15-22(34)36-24-23(21-16-35-29(7,8)38-21)37-26-25(24)39-30(9,10)40-26/h7-8,11-22H,1-6,9-10,23-24H2;11-14,21,23-26H,15-16H2,1-10H3/t;21-,23-,24+,25-,26-/m.1/s1. The van der Waals surface area contributed by atoms with Gasteiger partial charge in [-0.1, -0.05) is 96.4 Å². The van der Waals surface area contributed by atoms with Crippen molar-refractivity contribution in [2.45, 2.75) is 180 Å². The van der Waals surface area contributed by atoms with E-state index in [9.17, 15) is 4.79 Å². The molecule has 0 unspecified atom stereocenters. The van der Waals surface area contributed by atoms with Crippen molar-refractivity contribution in [2.24, 2.45) is 0 Å². The van der Waals surface area contributed by atoms with E-state index in [1.165, 1.54) is 40.6 Å². The SMILES string of the molecule is CC1(C)O[C@H]2O[C@H]([C@H]3COC(C)(C)O3)[C@H](OC(=O)Cn3cc(-c4cc(C(C)(C)C)cc(C(C)(C)C)c4)nn3)[C@H]2O1.c1cc2nc(c1)-c1cccc(n1)-c1ccc(cc1)OCCCCCCCOc1ccc(cc1)CCC2.